The summed E-state index contributed by atoms with van der Waals surface area (Å²) in [5, 5.41) is 13.5. The van der Waals surface area contributed by atoms with Crippen LogP contribution in [0.4, 0.5) is 0 Å². The molecule has 1 fully saturated rings. The molecule has 17 heavy (non-hydrogen) atoms. The Balaban J connectivity index is 1.94. The number of hydrogen-bond donors (Lipinski definition) is 2. The number of aliphatic hydroxyl groups excluding tert-OH is 1. The monoisotopic (exact) mass is 271 g/mol. The fraction of sp³-hybridized carbons (Fsp3) is 0.538. The lowest BCUT2D eigenvalue weighted by molar-refractivity contribution is 0.300. The third-order valence-corrected chi connectivity index (χ3v) is 4.34. The van der Waals surface area contributed by atoms with Gasteiger partial charge in [0.15, 0.2) is 0 Å². The van der Waals surface area contributed by atoms with E-state index in [-0.39, 0.29) is 11.9 Å². The van der Waals surface area contributed by atoms with E-state index >= 15 is 0 Å². The molecule has 1 atom stereocenters. The SMILES string of the molecule is CC(CO)Sc1ccc(CNC2CC2)cc1Cl. The van der Waals surface area contributed by atoms with Crippen LogP contribution in [0.2, 0.25) is 5.02 Å². The number of benzene rings is 1. The first kappa shape index (κ1) is 13.2. The van der Waals surface area contributed by atoms with Crippen LogP contribution in [0.15, 0.2) is 23.1 Å². The number of thioether (sulfide) groups is 1. The molecule has 0 saturated heterocycles. The lowest BCUT2D eigenvalue weighted by atomic mass is 10.2. The molecule has 2 N–H and O–H groups in total. The maximum Gasteiger partial charge on any atom is 0.0550 e. The first-order chi connectivity index (χ1) is 8.19. The van der Waals surface area contributed by atoms with Crippen LogP contribution in [0.1, 0.15) is 25.3 Å². The lowest BCUT2D eigenvalue weighted by Gasteiger charge is -2.11. The average molecular weight is 272 g/mol. The second-order valence-electron chi connectivity index (χ2n) is 4.53. The Labute approximate surface area is 112 Å². The molecule has 94 valence electrons. The van der Waals surface area contributed by atoms with E-state index < -0.39 is 0 Å². The summed E-state index contributed by atoms with van der Waals surface area (Å²) in [6, 6.07) is 6.89. The summed E-state index contributed by atoms with van der Waals surface area (Å²) in [6.07, 6.45) is 2.60. The Morgan fingerprint density at radius 3 is 2.88 bits per heavy atom. The smallest absolute Gasteiger partial charge is 0.0550 e. The van der Waals surface area contributed by atoms with Crippen LogP contribution >= 0.6 is 23.4 Å². The van der Waals surface area contributed by atoms with Crippen LogP contribution in [0.3, 0.4) is 0 Å². The predicted molar refractivity (Wildman–Crippen MR) is 73.7 cm³/mol. The molecule has 1 aromatic rings. The van der Waals surface area contributed by atoms with Crippen molar-refractivity contribution in [1.82, 2.24) is 5.32 Å². The summed E-state index contributed by atoms with van der Waals surface area (Å²) in [5.41, 5.74) is 1.22. The number of aliphatic hydroxyl groups is 1. The molecule has 0 amide bonds. The first-order valence-electron chi connectivity index (χ1n) is 5.98. The topological polar surface area (TPSA) is 32.3 Å². The Hall–Kier alpha value is -0.220. The third kappa shape index (κ3) is 4.18. The molecule has 2 nitrogen and oxygen atoms in total. The zero-order valence-electron chi connectivity index (χ0n) is 9.95. The molecule has 0 aromatic heterocycles. The van der Waals surface area contributed by atoms with Crippen molar-refractivity contribution in [3.05, 3.63) is 28.8 Å². The van der Waals surface area contributed by atoms with Crippen molar-refractivity contribution in [3.63, 3.8) is 0 Å². The number of rotatable bonds is 6. The van der Waals surface area contributed by atoms with Gasteiger partial charge in [-0.05, 0) is 30.5 Å². The van der Waals surface area contributed by atoms with Crippen molar-refractivity contribution in [1.29, 1.82) is 0 Å². The number of nitrogens with one attached hydrogen (secondary N) is 1. The van der Waals surface area contributed by atoms with E-state index in [4.69, 9.17) is 16.7 Å². The minimum Gasteiger partial charge on any atom is -0.395 e. The quantitative estimate of drug-likeness (QED) is 0.780. The van der Waals surface area contributed by atoms with Gasteiger partial charge in [-0.25, -0.2) is 0 Å². The Bertz CT molecular complexity index is 382. The molecule has 0 radical (unpaired) electrons. The van der Waals surface area contributed by atoms with E-state index in [1.807, 2.05) is 19.1 Å². The molecule has 0 heterocycles. The highest BCUT2D eigenvalue weighted by Gasteiger charge is 2.20. The van der Waals surface area contributed by atoms with Crippen molar-refractivity contribution in [2.75, 3.05) is 6.61 Å². The van der Waals surface area contributed by atoms with Gasteiger partial charge in [0.25, 0.3) is 0 Å². The fourth-order valence-electron chi connectivity index (χ4n) is 1.55. The van der Waals surface area contributed by atoms with E-state index in [1.54, 1.807) is 11.8 Å². The highest BCUT2D eigenvalue weighted by Crippen LogP contribution is 2.31. The van der Waals surface area contributed by atoms with Crippen molar-refractivity contribution in [2.45, 2.75) is 42.5 Å². The second-order valence-corrected chi connectivity index (χ2v) is 6.42. The van der Waals surface area contributed by atoms with Crippen LogP contribution in [-0.2, 0) is 6.54 Å². The van der Waals surface area contributed by atoms with Gasteiger partial charge in [0.2, 0.25) is 0 Å². The van der Waals surface area contributed by atoms with Crippen LogP contribution in [0, 0.1) is 0 Å². The lowest BCUT2D eigenvalue weighted by Crippen LogP contribution is -2.15. The van der Waals surface area contributed by atoms with Gasteiger partial charge in [-0.3, -0.25) is 0 Å². The Morgan fingerprint density at radius 1 is 1.53 bits per heavy atom. The Kier molecular flexibility index (Phi) is 4.74. The molecule has 1 aliphatic rings. The molecule has 0 spiro atoms. The molecule has 1 aliphatic carbocycles. The molecule has 2 rings (SSSR count). The van der Waals surface area contributed by atoms with Crippen molar-refractivity contribution in [2.24, 2.45) is 0 Å². The maximum absolute atomic E-state index is 9.02. The van der Waals surface area contributed by atoms with Crippen molar-refractivity contribution >= 4 is 23.4 Å². The number of halogens is 1. The fourth-order valence-corrected chi connectivity index (χ4v) is 2.72. The molecule has 0 bridgehead atoms. The summed E-state index contributed by atoms with van der Waals surface area (Å²) in [7, 11) is 0. The normalized spacial score (nSPS) is 17.1. The first-order valence-corrected chi connectivity index (χ1v) is 7.24. The zero-order valence-corrected chi connectivity index (χ0v) is 11.5. The summed E-state index contributed by atoms with van der Waals surface area (Å²) < 4.78 is 0. The van der Waals surface area contributed by atoms with Crippen LogP contribution in [0.25, 0.3) is 0 Å². The minimum absolute atomic E-state index is 0.173. The molecular formula is C13H18ClNOS. The average Bonchev–Trinajstić information content (AvgIpc) is 3.13. The summed E-state index contributed by atoms with van der Waals surface area (Å²) >= 11 is 7.84. The van der Waals surface area contributed by atoms with Gasteiger partial charge >= 0.3 is 0 Å². The van der Waals surface area contributed by atoms with E-state index in [9.17, 15) is 0 Å². The van der Waals surface area contributed by atoms with Gasteiger partial charge < -0.3 is 10.4 Å². The highest BCUT2D eigenvalue weighted by molar-refractivity contribution is 8.00. The molecule has 1 saturated carbocycles. The van der Waals surface area contributed by atoms with Gasteiger partial charge in [0.05, 0.1) is 11.6 Å². The molecule has 1 aromatic carbocycles. The van der Waals surface area contributed by atoms with Crippen molar-refractivity contribution < 1.29 is 5.11 Å². The predicted octanol–water partition coefficient (Wildman–Crippen LogP) is 3.06. The molecule has 0 aliphatic heterocycles. The van der Waals surface area contributed by atoms with E-state index in [0.29, 0.717) is 0 Å². The van der Waals surface area contributed by atoms with Gasteiger partial charge in [-0.2, -0.15) is 0 Å². The van der Waals surface area contributed by atoms with Crippen LogP contribution in [0.5, 0.6) is 0 Å². The van der Waals surface area contributed by atoms with E-state index in [0.717, 1.165) is 22.5 Å². The van der Waals surface area contributed by atoms with Crippen molar-refractivity contribution in [3.8, 4) is 0 Å². The summed E-state index contributed by atoms with van der Waals surface area (Å²) in [4.78, 5) is 1.04. The van der Waals surface area contributed by atoms with Crippen LogP contribution in [-0.4, -0.2) is 23.0 Å². The van der Waals surface area contributed by atoms with E-state index in [2.05, 4.69) is 11.4 Å². The standard InChI is InChI=1S/C13H18ClNOS/c1-9(8-16)17-13-5-2-10(6-12(13)14)7-15-11-3-4-11/h2,5-6,9,11,15-16H,3-4,7-8H2,1H3. The number of hydrogen-bond acceptors (Lipinski definition) is 3. The third-order valence-electron chi connectivity index (χ3n) is 2.75. The van der Waals surface area contributed by atoms with Gasteiger partial charge in [0.1, 0.15) is 0 Å². The highest BCUT2D eigenvalue weighted by atomic mass is 35.5. The van der Waals surface area contributed by atoms with Gasteiger partial charge in [-0.15, -0.1) is 11.8 Å². The van der Waals surface area contributed by atoms with Gasteiger partial charge in [0, 0.05) is 22.7 Å². The summed E-state index contributed by atoms with van der Waals surface area (Å²) in [5.74, 6) is 0. The minimum atomic E-state index is 0.173. The zero-order chi connectivity index (χ0) is 12.3. The second kappa shape index (κ2) is 6.10. The Morgan fingerprint density at radius 2 is 2.29 bits per heavy atom. The van der Waals surface area contributed by atoms with E-state index in [1.165, 1.54) is 18.4 Å². The molecule has 4 heteroatoms. The summed E-state index contributed by atoms with van der Waals surface area (Å²) in [6.45, 7) is 3.06. The van der Waals surface area contributed by atoms with Gasteiger partial charge in [-0.1, -0.05) is 24.6 Å². The molecule has 1 unspecified atom stereocenters. The largest absolute Gasteiger partial charge is 0.395 e. The molecular weight excluding hydrogens is 254 g/mol. The van der Waals surface area contributed by atoms with Crippen LogP contribution < -0.4 is 5.32 Å². The maximum atomic E-state index is 9.02.